The topological polar surface area (TPSA) is 113 Å². The van der Waals surface area contributed by atoms with E-state index in [9.17, 15) is 18.0 Å². The van der Waals surface area contributed by atoms with Gasteiger partial charge in [-0.25, -0.2) is 13.1 Å². The first-order valence-electron chi connectivity index (χ1n) is 5.95. The molecule has 0 aliphatic carbocycles. The lowest BCUT2D eigenvalue weighted by Crippen LogP contribution is -2.34. The first kappa shape index (κ1) is 14.5. The zero-order valence-corrected chi connectivity index (χ0v) is 11.5. The summed E-state index contributed by atoms with van der Waals surface area (Å²) in [6.07, 6.45) is -0.159. The highest BCUT2D eigenvalue weighted by atomic mass is 32.2. The van der Waals surface area contributed by atoms with Crippen LogP contribution in [0.25, 0.3) is 0 Å². The molecule has 1 aromatic rings. The number of aliphatic carboxylic acids is 1. The molecule has 0 bridgehead atoms. The van der Waals surface area contributed by atoms with E-state index < -0.39 is 22.0 Å². The molecule has 0 aromatic heterocycles. The van der Waals surface area contributed by atoms with Crippen molar-refractivity contribution < 1.29 is 23.1 Å². The van der Waals surface area contributed by atoms with Crippen molar-refractivity contribution in [2.75, 3.05) is 5.32 Å². The fourth-order valence-corrected chi connectivity index (χ4v) is 3.30. The number of carboxylic acids is 1. The number of rotatable bonds is 5. The van der Waals surface area contributed by atoms with Gasteiger partial charge in [0.15, 0.2) is 0 Å². The molecule has 0 fully saturated rings. The Morgan fingerprint density at radius 3 is 2.85 bits per heavy atom. The van der Waals surface area contributed by atoms with Gasteiger partial charge in [-0.15, -0.1) is 0 Å². The van der Waals surface area contributed by atoms with Crippen LogP contribution in [0.3, 0.4) is 0 Å². The summed E-state index contributed by atoms with van der Waals surface area (Å²) in [6, 6.07) is 3.60. The largest absolute Gasteiger partial charge is 0.481 e. The number of hydrogen-bond donors (Lipinski definition) is 3. The van der Waals surface area contributed by atoms with Crippen LogP contribution >= 0.6 is 0 Å². The Kier molecular flexibility index (Phi) is 3.78. The zero-order valence-electron chi connectivity index (χ0n) is 10.7. The number of carbonyl (C=O) groups is 2. The first-order valence-corrected chi connectivity index (χ1v) is 7.43. The van der Waals surface area contributed by atoms with Crippen LogP contribution in [0.5, 0.6) is 0 Å². The monoisotopic (exact) mass is 298 g/mol. The fourth-order valence-electron chi connectivity index (χ4n) is 2.01. The molecule has 1 unspecified atom stereocenters. The van der Waals surface area contributed by atoms with E-state index in [2.05, 4.69) is 10.0 Å². The predicted octanol–water partition coefficient (Wildman–Crippen LogP) is 0.323. The minimum absolute atomic E-state index is 0.0185. The molecule has 1 heterocycles. The molecule has 3 N–H and O–H groups in total. The number of anilines is 1. The van der Waals surface area contributed by atoms with Crippen LogP contribution in [0, 0.1) is 0 Å². The van der Waals surface area contributed by atoms with E-state index in [0.29, 0.717) is 11.3 Å². The number of benzene rings is 1. The molecule has 0 spiro atoms. The van der Waals surface area contributed by atoms with Crippen molar-refractivity contribution in [1.29, 1.82) is 0 Å². The van der Waals surface area contributed by atoms with E-state index in [4.69, 9.17) is 5.11 Å². The van der Waals surface area contributed by atoms with Gasteiger partial charge in [-0.2, -0.15) is 0 Å². The van der Waals surface area contributed by atoms with Crippen LogP contribution in [0.1, 0.15) is 18.9 Å². The van der Waals surface area contributed by atoms with Gasteiger partial charge in [0, 0.05) is 11.7 Å². The van der Waals surface area contributed by atoms with Crippen LogP contribution in [0.15, 0.2) is 23.1 Å². The molecule has 1 aromatic carbocycles. The van der Waals surface area contributed by atoms with E-state index >= 15 is 0 Å². The van der Waals surface area contributed by atoms with Crippen molar-refractivity contribution in [1.82, 2.24) is 4.72 Å². The normalized spacial score (nSPS) is 15.6. The molecule has 2 rings (SSSR count). The summed E-state index contributed by atoms with van der Waals surface area (Å²) in [5.41, 5.74) is 1.22. The summed E-state index contributed by atoms with van der Waals surface area (Å²) in [4.78, 5) is 21.8. The zero-order chi connectivity index (χ0) is 14.9. The Bertz CT molecular complexity index is 668. The molecule has 0 radical (unpaired) electrons. The summed E-state index contributed by atoms with van der Waals surface area (Å²) in [5.74, 6) is -1.26. The van der Waals surface area contributed by atoms with Crippen LogP contribution < -0.4 is 10.0 Å². The van der Waals surface area contributed by atoms with E-state index in [1.54, 1.807) is 0 Å². The molecule has 20 heavy (non-hydrogen) atoms. The third kappa shape index (κ3) is 3.14. The molecular weight excluding hydrogens is 284 g/mol. The molecular formula is C12H14N2O5S. The van der Waals surface area contributed by atoms with Crippen molar-refractivity contribution in [3.05, 3.63) is 23.8 Å². The smallest absolute Gasteiger partial charge is 0.304 e. The summed E-state index contributed by atoms with van der Waals surface area (Å²) in [5, 5.41) is 11.2. The van der Waals surface area contributed by atoms with E-state index in [0.717, 1.165) is 0 Å². The molecule has 1 atom stereocenters. The van der Waals surface area contributed by atoms with Crippen LogP contribution in [0.2, 0.25) is 0 Å². The van der Waals surface area contributed by atoms with Gasteiger partial charge in [0.05, 0.1) is 17.7 Å². The molecule has 0 saturated heterocycles. The van der Waals surface area contributed by atoms with Gasteiger partial charge in [-0.1, -0.05) is 0 Å². The minimum atomic E-state index is -3.80. The standard InChI is InChI=1S/C12H14N2O5S/c1-7(4-12(16)17)14-20(18,19)9-2-3-10-8(5-9)6-11(15)13-10/h2-3,5,7,14H,4,6H2,1H3,(H,13,15)(H,16,17). The van der Waals surface area contributed by atoms with Crippen molar-refractivity contribution in [3.63, 3.8) is 0 Å². The predicted molar refractivity (Wildman–Crippen MR) is 70.8 cm³/mol. The first-order chi connectivity index (χ1) is 9.28. The van der Waals surface area contributed by atoms with Gasteiger partial charge in [0.1, 0.15) is 0 Å². The molecule has 1 aliphatic heterocycles. The van der Waals surface area contributed by atoms with E-state index in [1.807, 2.05) is 0 Å². The molecule has 1 aliphatic rings. The number of carboxylic acid groups (broad SMARTS) is 1. The maximum atomic E-state index is 12.1. The summed E-state index contributed by atoms with van der Waals surface area (Å²) < 4.78 is 26.5. The second kappa shape index (κ2) is 5.22. The third-order valence-corrected chi connectivity index (χ3v) is 4.44. The van der Waals surface area contributed by atoms with Crippen molar-refractivity contribution in [3.8, 4) is 0 Å². The number of amides is 1. The summed E-state index contributed by atoms with van der Waals surface area (Å²) >= 11 is 0. The van der Waals surface area contributed by atoms with Crippen molar-refractivity contribution in [2.45, 2.75) is 30.7 Å². The maximum Gasteiger partial charge on any atom is 0.304 e. The highest BCUT2D eigenvalue weighted by Crippen LogP contribution is 2.25. The fraction of sp³-hybridized carbons (Fsp3) is 0.333. The lowest BCUT2D eigenvalue weighted by atomic mass is 10.2. The van der Waals surface area contributed by atoms with Crippen molar-refractivity contribution >= 4 is 27.6 Å². The Morgan fingerprint density at radius 2 is 2.20 bits per heavy atom. The highest BCUT2D eigenvalue weighted by molar-refractivity contribution is 7.89. The van der Waals surface area contributed by atoms with Gasteiger partial charge in [0.25, 0.3) is 0 Å². The highest BCUT2D eigenvalue weighted by Gasteiger charge is 2.23. The van der Waals surface area contributed by atoms with Gasteiger partial charge >= 0.3 is 5.97 Å². The van der Waals surface area contributed by atoms with Gasteiger partial charge in [-0.3, -0.25) is 9.59 Å². The Labute approximate surface area is 116 Å². The minimum Gasteiger partial charge on any atom is -0.481 e. The lowest BCUT2D eigenvalue weighted by Gasteiger charge is -2.12. The number of hydrogen-bond acceptors (Lipinski definition) is 4. The second-order valence-corrected chi connectivity index (χ2v) is 6.38. The van der Waals surface area contributed by atoms with Crippen LogP contribution in [-0.4, -0.2) is 31.4 Å². The average Bonchev–Trinajstić information content (AvgIpc) is 2.65. The molecule has 1 amide bonds. The maximum absolute atomic E-state index is 12.1. The van der Waals surface area contributed by atoms with Gasteiger partial charge in [-0.05, 0) is 30.7 Å². The van der Waals surface area contributed by atoms with Crippen LogP contribution in [-0.2, 0) is 26.0 Å². The van der Waals surface area contributed by atoms with E-state index in [1.165, 1.54) is 25.1 Å². The molecule has 0 saturated carbocycles. The van der Waals surface area contributed by atoms with E-state index in [-0.39, 0.29) is 23.6 Å². The number of carbonyl (C=O) groups excluding carboxylic acids is 1. The Hall–Kier alpha value is -1.93. The quantitative estimate of drug-likeness (QED) is 0.724. The summed E-state index contributed by atoms with van der Waals surface area (Å²) in [6.45, 7) is 1.48. The Balaban J connectivity index is 2.20. The molecule has 7 nitrogen and oxygen atoms in total. The molecule has 108 valence electrons. The summed E-state index contributed by atoms with van der Waals surface area (Å²) in [7, 11) is -3.80. The van der Waals surface area contributed by atoms with Crippen LogP contribution in [0.4, 0.5) is 5.69 Å². The Morgan fingerprint density at radius 1 is 1.50 bits per heavy atom. The average molecular weight is 298 g/mol. The number of fused-ring (bicyclic) bond motifs is 1. The second-order valence-electron chi connectivity index (χ2n) is 4.66. The lowest BCUT2D eigenvalue weighted by molar-refractivity contribution is -0.137. The number of sulfonamides is 1. The van der Waals surface area contributed by atoms with Crippen molar-refractivity contribution in [2.24, 2.45) is 0 Å². The molecule has 8 heteroatoms. The SMILES string of the molecule is CC(CC(=O)O)NS(=O)(=O)c1ccc2c(c1)CC(=O)N2. The third-order valence-electron chi connectivity index (χ3n) is 2.85. The number of nitrogens with one attached hydrogen (secondary N) is 2. The van der Waals surface area contributed by atoms with Gasteiger partial charge in [0.2, 0.25) is 15.9 Å². The van der Waals surface area contributed by atoms with Gasteiger partial charge < -0.3 is 10.4 Å².